The fourth-order valence-electron chi connectivity index (χ4n) is 1.70. The Balaban J connectivity index is 3.17. The topological polar surface area (TPSA) is 84.2 Å². The van der Waals surface area contributed by atoms with Crippen molar-refractivity contribution in [3.63, 3.8) is 0 Å². The van der Waals surface area contributed by atoms with Gasteiger partial charge in [0, 0.05) is 5.69 Å². The Kier molecular flexibility index (Phi) is 4.60. The Morgan fingerprint density at radius 3 is 2.17 bits per heavy atom. The van der Waals surface area contributed by atoms with Gasteiger partial charge in [-0.05, 0) is 37.1 Å². The minimum atomic E-state index is -3.94. The van der Waals surface area contributed by atoms with E-state index in [4.69, 9.17) is 5.84 Å². The molecule has 4 N–H and O–H groups in total. The molecule has 0 fully saturated rings. The molecule has 0 atom stereocenters. The predicted molar refractivity (Wildman–Crippen MR) is 64.9 cm³/mol. The quantitative estimate of drug-likeness (QED) is 0.557. The number of rotatable bonds is 5. The molecule has 0 saturated carbocycles. The molecule has 1 aromatic rings. The molecule has 102 valence electrons. The van der Waals surface area contributed by atoms with Crippen LogP contribution in [0.15, 0.2) is 17.0 Å². The molecule has 0 unspecified atom stereocenters. The Bertz CT molecular complexity index is 509. The van der Waals surface area contributed by atoms with Gasteiger partial charge >= 0.3 is 0 Å². The lowest BCUT2D eigenvalue weighted by molar-refractivity contribution is 0.153. The van der Waals surface area contributed by atoms with Crippen molar-refractivity contribution in [1.29, 1.82) is 0 Å². The average molecular weight is 279 g/mol. The van der Waals surface area contributed by atoms with Gasteiger partial charge in [0.15, 0.2) is 0 Å². The number of benzene rings is 1. The van der Waals surface area contributed by atoms with Crippen molar-refractivity contribution in [1.82, 2.24) is 4.72 Å². The van der Waals surface area contributed by atoms with Crippen LogP contribution >= 0.6 is 0 Å². The summed E-state index contributed by atoms with van der Waals surface area (Å²) in [5.41, 5.74) is 3.83. The smallest absolute Gasteiger partial charge is 0.251 e. The summed E-state index contributed by atoms with van der Waals surface area (Å²) in [4.78, 5) is 0.00199. The first kappa shape index (κ1) is 14.8. The Morgan fingerprint density at radius 2 is 1.78 bits per heavy atom. The first-order valence-corrected chi connectivity index (χ1v) is 6.62. The molecule has 8 heteroatoms. The second-order valence-electron chi connectivity index (χ2n) is 3.83. The van der Waals surface area contributed by atoms with Crippen molar-refractivity contribution in [2.45, 2.75) is 25.2 Å². The summed E-state index contributed by atoms with van der Waals surface area (Å²) < 4.78 is 49.7. The molecule has 0 saturated heterocycles. The van der Waals surface area contributed by atoms with Crippen molar-refractivity contribution >= 4 is 15.7 Å². The number of sulfonamides is 1. The van der Waals surface area contributed by atoms with Crippen LogP contribution in [0.2, 0.25) is 0 Å². The molecule has 5 nitrogen and oxygen atoms in total. The Morgan fingerprint density at radius 1 is 1.28 bits per heavy atom. The second kappa shape index (κ2) is 5.59. The highest BCUT2D eigenvalue weighted by Gasteiger charge is 2.21. The summed E-state index contributed by atoms with van der Waals surface area (Å²) in [6, 6.07) is 3.06. The molecule has 0 bridgehead atoms. The van der Waals surface area contributed by atoms with E-state index < -0.39 is 23.0 Å². The van der Waals surface area contributed by atoms with E-state index in [1.54, 1.807) is 13.8 Å². The SMILES string of the molecule is Cc1cc(NN)cc(C)c1S(=O)(=O)NCC(F)F. The third-order valence-electron chi connectivity index (χ3n) is 2.32. The predicted octanol–water partition coefficient (Wildman–Crippen LogP) is 1.13. The van der Waals surface area contributed by atoms with Crippen LogP contribution in [0.1, 0.15) is 11.1 Å². The fourth-order valence-corrected chi connectivity index (χ4v) is 3.16. The number of aryl methyl sites for hydroxylation is 2. The monoisotopic (exact) mass is 279 g/mol. The lowest BCUT2D eigenvalue weighted by Gasteiger charge is -2.13. The maximum atomic E-state index is 12.0. The maximum Gasteiger partial charge on any atom is 0.251 e. The summed E-state index contributed by atoms with van der Waals surface area (Å²) in [6.07, 6.45) is -2.73. The molecule has 0 radical (unpaired) electrons. The Hall–Kier alpha value is -1.25. The molecular weight excluding hydrogens is 264 g/mol. The second-order valence-corrected chi connectivity index (χ2v) is 5.53. The zero-order chi connectivity index (χ0) is 13.9. The molecule has 0 amide bonds. The van der Waals surface area contributed by atoms with Crippen LogP contribution in [0.25, 0.3) is 0 Å². The van der Waals surface area contributed by atoms with E-state index >= 15 is 0 Å². The molecule has 0 aliphatic rings. The van der Waals surface area contributed by atoms with Gasteiger partial charge in [-0.3, -0.25) is 5.84 Å². The van der Waals surface area contributed by atoms with Crippen LogP contribution in [0.3, 0.4) is 0 Å². The number of nitrogens with two attached hydrogens (primary N) is 1. The van der Waals surface area contributed by atoms with Crippen LogP contribution in [0, 0.1) is 13.8 Å². The minimum Gasteiger partial charge on any atom is -0.324 e. The van der Waals surface area contributed by atoms with Gasteiger partial charge in [0.1, 0.15) is 0 Å². The van der Waals surface area contributed by atoms with Crippen LogP contribution < -0.4 is 16.0 Å². The molecule has 1 rings (SSSR count). The highest BCUT2D eigenvalue weighted by molar-refractivity contribution is 7.89. The number of nitrogens with one attached hydrogen (secondary N) is 2. The maximum absolute atomic E-state index is 12.0. The summed E-state index contributed by atoms with van der Waals surface area (Å²) in [6.45, 7) is 2.24. The van der Waals surface area contributed by atoms with E-state index in [2.05, 4.69) is 5.43 Å². The largest absolute Gasteiger partial charge is 0.324 e. The summed E-state index contributed by atoms with van der Waals surface area (Å²) in [7, 11) is -3.94. The number of hydrazine groups is 1. The lowest BCUT2D eigenvalue weighted by atomic mass is 10.1. The normalized spacial score (nSPS) is 11.9. The number of halogens is 2. The van der Waals surface area contributed by atoms with Gasteiger partial charge in [0.05, 0.1) is 11.4 Å². The minimum absolute atomic E-state index is 0.00199. The number of hydrogen-bond donors (Lipinski definition) is 3. The first-order valence-electron chi connectivity index (χ1n) is 5.13. The lowest BCUT2D eigenvalue weighted by Crippen LogP contribution is -2.29. The average Bonchev–Trinajstić information content (AvgIpc) is 2.25. The van der Waals surface area contributed by atoms with Gasteiger partial charge in [-0.1, -0.05) is 0 Å². The van der Waals surface area contributed by atoms with Crippen molar-refractivity contribution in [2.24, 2.45) is 5.84 Å². The summed E-state index contributed by atoms with van der Waals surface area (Å²) in [5.74, 6) is 5.23. The highest BCUT2D eigenvalue weighted by Crippen LogP contribution is 2.23. The van der Waals surface area contributed by atoms with Crippen molar-refractivity contribution in [2.75, 3.05) is 12.0 Å². The number of anilines is 1. The molecule has 0 aliphatic carbocycles. The summed E-state index contributed by atoms with van der Waals surface area (Å²) in [5, 5.41) is 0. The van der Waals surface area contributed by atoms with E-state index in [9.17, 15) is 17.2 Å². The highest BCUT2D eigenvalue weighted by atomic mass is 32.2. The van der Waals surface area contributed by atoms with E-state index in [-0.39, 0.29) is 4.90 Å². The molecular formula is C10H15F2N3O2S. The number of hydrogen-bond acceptors (Lipinski definition) is 4. The van der Waals surface area contributed by atoms with Crippen molar-refractivity contribution in [3.05, 3.63) is 23.3 Å². The van der Waals surface area contributed by atoms with Gasteiger partial charge in [-0.2, -0.15) is 0 Å². The standard InChI is InChI=1S/C10H15F2N3O2S/c1-6-3-8(15-13)4-7(2)10(6)18(16,17)14-5-9(11)12/h3-4,9,14-15H,5,13H2,1-2H3. The van der Waals surface area contributed by atoms with Crippen LogP contribution in [0.5, 0.6) is 0 Å². The molecule has 0 spiro atoms. The fraction of sp³-hybridized carbons (Fsp3) is 0.400. The molecule has 0 aromatic heterocycles. The van der Waals surface area contributed by atoms with Gasteiger partial charge < -0.3 is 5.43 Å². The van der Waals surface area contributed by atoms with Gasteiger partial charge in [-0.25, -0.2) is 21.9 Å². The van der Waals surface area contributed by atoms with Crippen molar-refractivity contribution < 1.29 is 17.2 Å². The number of alkyl halides is 2. The van der Waals surface area contributed by atoms with Crippen molar-refractivity contribution in [3.8, 4) is 0 Å². The van der Waals surface area contributed by atoms with E-state index in [0.717, 1.165) is 0 Å². The summed E-state index contributed by atoms with van der Waals surface area (Å²) >= 11 is 0. The van der Waals surface area contributed by atoms with E-state index in [0.29, 0.717) is 16.8 Å². The van der Waals surface area contributed by atoms with Crippen LogP contribution in [-0.2, 0) is 10.0 Å². The molecule has 18 heavy (non-hydrogen) atoms. The molecule has 1 aromatic carbocycles. The van der Waals surface area contributed by atoms with Gasteiger partial charge in [0.25, 0.3) is 6.43 Å². The zero-order valence-corrected chi connectivity index (χ0v) is 10.8. The third kappa shape index (κ3) is 3.37. The van der Waals surface area contributed by atoms with Gasteiger partial charge in [0.2, 0.25) is 10.0 Å². The van der Waals surface area contributed by atoms with E-state index in [1.807, 2.05) is 4.72 Å². The van der Waals surface area contributed by atoms with Crippen LogP contribution in [0.4, 0.5) is 14.5 Å². The van der Waals surface area contributed by atoms with E-state index in [1.165, 1.54) is 12.1 Å². The number of nitrogen functional groups attached to an aromatic ring is 1. The van der Waals surface area contributed by atoms with Gasteiger partial charge in [-0.15, -0.1) is 0 Å². The van der Waals surface area contributed by atoms with Crippen LogP contribution in [-0.4, -0.2) is 21.4 Å². The molecule has 0 heterocycles. The zero-order valence-electron chi connectivity index (χ0n) is 10.00. The Labute approximate surface area is 104 Å². The molecule has 0 aliphatic heterocycles. The first-order chi connectivity index (χ1) is 8.27. The third-order valence-corrected chi connectivity index (χ3v) is 4.05.